The van der Waals surface area contributed by atoms with E-state index < -0.39 is 12.0 Å². The van der Waals surface area contributed by atoms with E-state index in [0.29, 0.717) is 31.1 Å². The van der Waals surface area contributed by atoms with Gasteiger partial charge in [-0.2, -0.15) is 0 Å². The molecule has 9 heteroatoms. The Hall–Kier alpha value is -2.78. The van der Waals surface area contributed by atoms with Crippen LogP contribution in [0, 0.1) is 17.8 Å². The molecule has 0 radical (unpaired) electrons. The van der Waals surface area contributed by atoms with Crippen LogP contribution in [0.5, 0.6) is 0 Å². The molecule has 208 valence electrons. The molecule has 4 N–H and O–H groups in total. The minimum absolute atomic E-state index is 0.0537. The molecule has 2 saturated heterocycles. The predicted molar refractivity (Wildman–Crippen MR) is 145 cm³/mol. The lowest BCUT2D eigenvalue weighted by Crippen LogP contribution is -2.47. The van der Waals surface area contributed by atoms with E-state index in [9.17, 15) is 19.2 Å². The molecule has 3 fully saturated rings. The Kier molecular flexibility index (Phi) is 9.54. The van der Waals surface area contributed by atoms with Gasteiger partial charge in [-0.1, -0.05) is 6.42 Å². The smallest absolute Gasteiger partial charge is 0.335 e. The van der Waals surface area contributed by atoms with Crippen molar-refractivity contribution in [1.29, 1.82) is 0 Å². The number of carboxylic acid groups (broad SMARTS) is 1. The summed E-state index contributed by atoms with van der Waals surface area (Å²) in [6.45, 7) is 4.54. The Morgan fingerprint density at radius 1 is 0.947 bits per heavy atom. The number of amides is 2. The Morgan fingerprint density at radius 3 is 2.29 bits per heavy atom. The third-order valence-corrected chi connectivity index (χ3v) is 8.90. The van der Waals surface area contributed by atoms with Gasteiger partial charge in [0.2, 0.25) is 11.8 Å². The van der Waals surface area contributed by atoms with Crippen LogP contribution in [0.1, 0.15) is 75.1 Å². The van der Waals surface area contributed by atoms with Gasteiger partial charge in [0.05, 0.1) is 5.56 Å². The minimum atomic E-state index is -1.03. The molecule has 1 saturated carbocycles. The second-order valence-electron chi connectivity index (χ2n) is 11.3. The molecular weight excluding hydrogens is 484 g/mol. The zero-order chi connectivity index (χ0) is 27.2. The standard InChI is InChI=1S/C29H42N4O5/c1-19(34)21-4-2-3-14-32(15-13-21)25-16-26(27(35)31-24-11-9-23(10-12-24)29(37)38)33(18-25)28(36)22-7-5-20(17-30)6-8-22/h9-12,20-22,25-26H,2-8,13-18,30H2,1H3,(H,31,35)(H,37,38)/t20?,21?,22?,25-,26-/m0/s1. The molecule has 0 bridgehead atoms. The van der Waals surface area contributed by atoms with Crippen molar-refractivity contribution >= 4 is 29.3 Å². The number of carbonyl (C=O) groups excluding carboxylic acids is 3. The van der Waals surface area contributed by atoms with E-state index >= 15 is 0 Å². The Balaban J connectivity index is 1.49. The SMILES string of the molecule is CC(=O)C1CCCCN([C@H]2C[C@@H](C(=O)Nc3ccc(C(=O)O)cc3)N(C(=O)C3CCC(CN)CC3)C2)CC1. The highest BCUT2D eigenvalue weighted by atomic mass is 16.4. The van der Waals surface area contributed by atoms with Gasteiger partial charge in [-0.05, 0) is 108 Å². The molecule has 0 aromatic heterocycles. The predicted octanol–water partition coefficient (Wildman–Crippen LogP) is 3.14. The third-order valence-electron chi connectivity index (χ3n) is 8.90. The molecule has 2 amide bonds. The van der Waals surface area contributed by atoms with Crippen molar-refractivity contribution in [3.05, 3.63) is 29.8 Å². The molecule has 1 aromatic rings. The van der Waals surface area contributed by atoms with E-state index in [2.05, 4.69) is 10.2 Å². The molecule has 1 aromatic carbocycles. The summed E-state index contributed by atoms with van der Waals surface area (Å²) >= 11 is 0. The topological polar surface area (TPSA) is 133 Å². The third kappa shape index (κ3) is 6.80. The summed E-state index contributed by atoms with van der Waals surface area (Å²) in [6.07, 6.45) is 7.80. The number of nitrogens with one attached hydrogen (secondary N) is 1. The number of aromatic carboxylic acids is 1. The van der Waals surface area contributed by atoms with Crippen LogP contribution in [0.4, 0.5) is 5.69 Å². The fourth-order valence-electron chi connectivity index (χ4n) is 6.43. The monoisotopic (exact) mass is 526 g/mol. The first-order valence-electron chi connectivity index (χ1n) is 14.2. The number of nitrogens with zero attached hydrogens (tertiary/aromatic N) is 2. The maximum Gasteiger partial charge on any atom is 0.335 e. The first kappa shape index (κ1) is 28.2. The van der Waals surface area contributed by atoms with E-state index in [0.717, 1.165) is 64.5 Å². The summed E-state index contributed by atoms with van der Waals surface area (Å²) in [7, 11) is 0. The fraction of sp³-hybridized carbons (Fsp3) is 0.655. The summed E-state index contributed by atoms with van der Waals surface area (Å²) in [4.78, 5) is 54.7. The lowest BCUT2D eigenvalue weighted by molar-refractivity contribution is -0.141. The Bertz CT molecular complexity index is 1000. The molecule has 2 heterocycles. The molecule has 3 aliphatic rings. The van der Waals surface area contributed by atoms with E-state index in [4.69, 9.17) is 10.8 Å². The van der Waals surface area contributed by atoms with Crippen molar-refractivity contribution in [1.82, 2.24) is 9.80 Å². The van der Waals surface area contributed by atoms with Gasteiger partial charge in [-0.25, -0.2) is 4.79 Å². The Labute approximate surface area is 225 Å². The van der Waals surface area contributed by atoms with Gasteiger partial charge >= 0.3 is 5.97 Å². The van der Waals surface area contributed by atoms with Gasteiger partial charge in [0, 0.05) is 30.1 Å². The van der Waals surface area contributed by atoms with Crippen molar-refractivity contribution in [3.8, 4) is 0 Å². The van der Waals surface area contributed by atoms with E-state index in [1.807, 2.05) is 0 Å². The van der Waals surface area contributed by atoms with Gasteiger partial charge in [-0.15, -0.1) is 0 Å². The van der Waals surface area contributed by atoms with E-state index in [-0.39, 0.29) is 41.0 Å². The van der Waals surface area contributed by atoms with Crippen LogP contribution in [0.15, 0.2) is 24.3 Å². The summed E-state index contributed by atoms with van der Waals surface area (Å²) < 4.78 is 0. The number of carboxylic acids is 1. The van der Waals surface area contributed by atoms with Crippen LogP contribution in [0.3, 0.4) is 0 Å². The average Bonchev–Trinajstić information content (AvgIpc) is 3.34. The van der Waals surface area contributed by atoms with Crippen LogP contribution in [-0.4, -0.2) is 76.7 Å². The zero-order valence-electron chi connectivity index (χ0n) is 22.4. The largest absolute Gasteiger partial charge is 0.478 e. The molecule has 4 rings (SSSR count). The molecular formula is C29H42N4O5. The minimum Gasteiger partial charge on any atom is -0.478 e. The number of Topliss-reactive ketones (excluding diaryl/α,β-unsaturated/α-hetero) is 1. The maximum absolute atomic E-state index is 13.8. The zero-order valence-corrected chi connectivity index (χ0v) is 22.4. The second kappa shape index (κ2) is 12.8. The summed E-state index contributed by atoms with van der Waals surface area (Å²) in [5.74, 6) is -0.504. The molecule has 9 nitrogen and oxygen atoms in total. The lowest BCUT2D eigenvalue weighted by atomic mass is 9.81. The molecule has 3 atom stereocenters. The number of carbonyl (C=O) groups is 4. The summed E-state index contributed by atoms with van der Waals surface area (Å²) in [6, 6.07) is 5.55. The van der Waals surface area contributed by atoms with Crippen molar-refractivity contribution < 1.29 is 24.3 Å². The first-order valence-corrected chi connectivity index (χ1v) is 14.2. The quantitative estimate of drug-likeness (QED) is 0.497. The molecule has 1 unspecified atom stereocenters. The highest BCUT2D eigenvalue weighted by Gasteiger charge is 2.44. The second-order valence-corrected chi connectivity index (χ2v) is 11.3. The lowest BCUT2D eigenvalue weighted by Gasteiger charge is -2.33. The molecule has 38 heavy (non-hydrogen) atoms. The van der Waals surface area contributed by atoms with Crippen LogP contribution in [0.2, 0.25) is 0 Å². The number of hydrogen-bond acceptors (Lipinski definition) is 6. The fourth-order valence-corrected chi connectivity index (χ4v) is 6.43. The number of hydrogen-bond donors (Lipinski definition) is 3. The van der Waals surface area contributed by atoms with E-state index in [1.54, 1.807) is 24.0 Å². The highest BCUT2D eigenvalue weighted by Crippen LogP contribution is 2.33. The number of ketones is 1. The van der Waals surface area contributed by atoms with Crippen molar-refractivity contribution in [3.63, 3.8) is 0 Å². The maximum atomic E-state index is 13.8. The van der Waals surface area contributed by atoms with Gasteiger partial charge in [0.1, 0.15) is 11.8 Å². The van der Waals surface area contributed by atoms with Gasteiger partial charge < -0.3 is 21.1 Å². The summed E-state index contributed by atoms with van der Waals surface area (Å²) in [5, 5.41) is 12.1. The van der Waals surface area contributed by atoms with Crippen LogP contribution in [-0.2, 0) is 14.4 Å². The van der Waals surface area contributed by atoms with Crippen molar-refractivity contribution in [2.45, 2.75) is 76.8 Å². The number of benzene rings is 1. The van der Waals surface area contributed by atoms with E-state index in [1.165, 1.54) is 12.1 Å². The van der Waals surface area contributed by atoms with Gasteiger partial charge in [-0.3, -0.25) is 19.3 Å². The van der Waals surface area contributed by atoms with Gasteiger partial charge in [0.25, 0.3) is 0 Å². The molecule has 2 aliphatic heterocycles. The first-order chi connectivity index (χ1) is 18.3. The van der Waals surface area contributed by atoms with Crippen molar-refractivity contribution in [2.75, 3.05) is 31.5 Å². The highest BCUT2D eigenvalue weighted by molar-refractivity contribution is 5.98. The normalized spacial score (nSPS) is 28.8. The van der Waals surface area contributed by atoms with Crippen LogP contribution < -0.4 is 11.1 Å². The molecule has 1 aliphatic carbocycles. The number of likely N-dealkylation sites (tertiary alicyclic amines) is 2. The summed E-state index contributed by atoms with van der Waals surface area (Å²) in [5.41, 5.74) is 6.51. The number of rotatable bonds is 7. The number of anilines is 1. The van der Waals surface area contributed by atoms with Crippen LogP contribution in [0.25, 0.3) is 0 Å². The van der Waals surface area contributed by atoms with Crippen LogP contribution >= 0.6 is 0 Å². The average molecular weight is 527 g/mol. The van der Waals surface area contributed by atoms with Gasteiger partial charge in [0.15, 0.2) is 0 Å². The number of nitrogens with two attached hydrogens (primary N) is 1. The Morgan fingerprint density at radius 2 is 1.66 bits per heavy atom. The molecule has 0 spiro atoms. The van der Waals surface area contributed by atoms with Crippen molar-refractivity contribution in [2.24, 2.45) is 23.5 Å².